The predicted octanol–water partition coefficient (Wildman–Crippen LogP) is 18.8. The second-order valence-corrected chi connectivity index (χ2v) is 28.3. The Morgan fingerprint density at radius 1 is 0.450 bits per heavy atom. The predicted molar refractivity (Wildman–Crippen MR) is 263 cm³/mol. The van der Waals surface area contributed by atoms with Crippen LogP contribution in [0.3, 0.4) is 0 Å². The normalized spacial score (nSPS) is 47.9. The summed E-state index contributed by atoms with van der Waals surface area (Å²) in [5.74, 6) is 11.8. The van der Waals surface area contributed by atoms with Gasteiger partial charge < -0.3 is 0 Å². The summed E-state index contributed by atoms with van der Waals surface area (Å²) in [6.45, 7) is 41.5. The van der Waals surface area contributed by atoms with Gasteiger partial charge in [0.2, 0.25) is 0 Å². The van der Waals surface area contributed by atoms with Crippen molar-refractivity contribution >= 4 is 0 Å². The van der Waals surface area contributed by atoms with E-state index in [0.717, 1.165) is 71.0 Å². The first-order chi connectivity index (χ1) is 28.0. The lowest BCUT2D eigenvalue weighted by Crippen LogP contribution is -2.60. The molecule has 0 heterocycles. The summed E-state index contributed by atoms with van der Waals surface area (Å²) in [7, 11) is 0. The van der Waals surface area contributed by atoms with E-state index in [9.17, 15) is 0 Å². The van der Waals surface area contributed by atoms with Crippen molar-refractivity contribution in [2.45, 2.75) is 252 Å². The van der Waals surface area contributed by atoms with E-state index in [0.29, 0.717) is 43.3 Å². The molecule has 0 aliphatic heterocycles. The number of fused-ring (bicyclic) bond motifs is 10. The van der Waals surface area contributed by atoms with Crippen molar-refractivity contribution in [3.63, 3.8) is 0 Å². The number of allylic oxidation sites excluding steroid dienone is 2. The SMILES string of the molecule is C/C=C\CCC(C)C1CCC2C3CCC4C(C)(CCC(C)(C)C4(C)C)C3CCC12C.CCCCCC(C)C1CCC2C3CCC4C(C)(CCC(C)(C)C4(C)C)C3CCC12C. The molecule has 0 radical (unpaired) electrons. The highest BCUT2D eigenvalue weighted by molar-refractivity contribution is 5.15. The molecule has 8 fully saturated rings. The first-order valence-electron chi connectivity index (χ1n) is 27.6. The van der Waals surface area contributed by atoms with Gasteiger partial charge in [0, 0.05) is 0 Å². The maximum atomic E-state index is 2.76. The minimum absolute atomic E-state index is 0.477. The van der Waals surface area contributed by atoms with Gasteiger partial charge in [-0.3, -0.25) is 0 Å². The van der Waals surface area contributed by atoms with Gasteiger partial charge in [-0.15, -0.1) is 0 Å². The van der Waals surface area contributed by atoms with Gasteiger partial charge in [-0.25, -0.2) is 0 Å². The highest BCUT2D eigenvalue weighted by atomic mass is 14.7. The van der Waals surface area contributed by atoms with E-state index in [1.165, 1.54) is 122 Å². The van der Waals surface area contributed by atoms with Crippen LogP contribution in [0.2, 0.25) is 0 Å². The van der Waals surface area contributed by atoms with Crippen LogP contribution in [-0.4, -0.2) is 0 Å². The first-order valence-corrected chi connectivity index (χ1v) is 27.6. The summed E-state index contributed by atoms with van der Waals surface area (Å²) >= 11 is 0. The third kappa shape index (κ3) is 7.47. The van der Waals surface area contributed by atoms with Crippen molar-refractivity contribution in [1.29, 1.82) is 0 Å². The quantitative estimate of drug-likeness (QED) is 0.160. The molecule has 0 spiro atoms. The molecule has 8 rings (SSSR count). The van der Waals surface area contributed by atoms with Crippen LogP contribution < -0.4 is 0 Å². The van der Waals surface area contributed by atoms with Gasteiger partial charge in [0.05, 0.1) is 0 Å². The van der Waals surface area contributed by atoms with Crippen molar-refractivity contribution in [3.8, 4) is 0 Å². The number of hydrogen-bond donors (Lipinski definition) is 0. The summed E-state index contributed by atoms with van der Waals surface area (Å²) in [6.07, 6.45) is 37.3. The second-order valence-electron chi connectivity index (χ2n) is 28.3. The van der Waals surface area contributed by atoms with Gasteiger partial charge >= 0.3 is 0 Å². The summed E-state index contributed by atoms with van der Waals surface area (Å²) in [4.78, 5) is 0. The van der Waals surface area contributed by atoms with Crippen LogP contribution >= 0.6 is 0 Å². The molecule has 8 aliphatic carbocycles. The molecule has 0 heteroatoms. The highest BCUT2D eigenvalue weighted by Gasteiger charge is 2.66. The average Bonchev–Trinajstić information content (AvgIpc) is 3.73. The molecular weight excluding hydrogens is 721 g/mol. The molecule has 8 aliphatic rings. The molecule has 0 amide bonds. The Hall–Kier alpha value is -0.260. The lowest BCUT2D eigenvalue weighted by molar-refractivity contribution is -0.182. The molecule has 0 saturated heterocycles. The van der Waals surface area contributed by atoms with Crippen molar-refractivity contribution in [3.05, 3.63) is 12.2 Å². The molecule has 0 aromatic heterocycles. The highest BCUT2D eigenvalue weighted by Crippen LogP contribution is 2.74. The Kier molecular flexibility index (Phi) is 13.4. The average molecular weight is 828 g/mol. The molecule has 16 atom stereocenters. The summed E-state index contributed by atoms with van der Waals surface area (Å²) < 4.78 is 0. The minimum atomic E-state index is 0.477. The molecular formula is C60H106. The van der Waals surface area contributed by atoms with E-state index in [-0.39, 0.29) is 0 Å². The van der Waals surface area contributed by atoms with Crippen LogP contribution in [0.15, 0.2) is 12.2 Å². The smallest absolute Gasteiger partial charge is 0.0261 e. The fraction of sp³-hybridized carbons (Fsp3) is 0.967. The monoisotopic (exact) mass is 827 g/mol. The van der Waals surface area contributed by atoms with Gasteiger partial charge in [-0.2, -0.15) is 0 Å². The van der Waals surface area contributed by atoms with E-state index < -0.39 is 0 Å². The Morgan fingerprint density at radius 2 is 0.867 bits per heavy atom. The van der Waals surface area contributed by atoms with Gasteiger partial charge in [-0.1, -0.05) is 142 Å². The molecule has 60 heavy (non-hydrogen) atoms. The van der Waals surface area contributed by atoms with E-state index in [4.69, 9.17) is 0 Å². The number of unbranched alkanes of at least 4 members (excludes halogenated alkanes) is 2. The van der Waals surface area contributed by atoms with Crippen molar-refractivity contribution in [2.75, 3.05) is 0 Å². The lowest BCUT2D eigenvalue weighted by atomic mass is 9.38. The second kappa shape index (κ2) is 16.9. The third-order valence-corrected chi connectivity index (χ3v) is 25.4. The van der Waals surface area contributed by atoms with Gasteiger partial charge in [0.25, 0.3) is 0 Å². The Balaban J connectivity index is 0.000000181. The summed E-state index contributed by atoms with van der Waals surface area (Å²) in [6, 6.07) is 0. The maximum absolute atomic E-state index is 2.76. The minimum Gasteiger partial charge on any atom is -0.0917 e. The zero-order valence-corrected chi connectivity index (χ0v) is 43.6. The van der Waals surface area contributed by atoms with Crippen molar-refractivity contribution < 1.29 is 0 Å². The van der Waals surface area contributed by atoms with Crippen LogP contribution in [0.5, 0.6) is 0 Å². The van der Waals surface area contributed by atoms with Crippen LogP contribution in [0.25, 0.3) is 0 Å². The largest absolute Gasteiger partial charge is 0.0917 e. The maximum Gasteiger partial charge on any atom is -0.0261 e. The molecule has 16 unspecified atom stereocenters. The molecule has 0 aromatic carbocycles. The van der Waals surface area contributed by atoms with E-state index in [1.807, 2.05) is 0 Å². The lowest BCUT2D eigenvalue weighted by Gasteiger charge is -2.67. The van der Waals surface area contributed by atoms with Crippen LogP contribution in [0.4, 0.5) is 0 Å². The molecule has 346 valence electrons. The van der Waals surface area contributed by atoms with Crippen molar-refractivity contribution in [1.82, 2.24) is 0 Å². The first kappa shape index (κ1) is 47.7. The van der Waals surface area contributed by atoms with Gasteiger partial charge in [0.15, 0.2) is 0 Å². The third-order valence-electron chi connectivity index (χ3n) is 25.4. The van der Waals surface area contributed by atoms with Crippen LogP contribution in [-0.2, 0) is 0 Å². The van der Waals surface area contributed by atoms with E-state index in [1.54, 1.807) is 19.3 Å². The number of rotatable bonds is 9. The molecule has 0 N–H and O–H groups in total. The Bertz CT molecular complexity index is 1490. The topological polar surface area (TPSA) is 0 Å². The fourth-order valence-corrected chi connectivity index (χ4v) is 20.3. The summed E-state index contributed by atoms with van der Waals surface area (Å²) in [5.41, 5.74) is 4.44. The molecule has 0 aromatic rings. The van der Waals surface area contributed by atoms with Crippen LogP contribution in [0.1, 0.15) is 252 Å². The zero-order chi connectivity index (χ0) is 43.9. The van der Waals surface area contributed by atoms with Crippen molar-refractivity contribution in [2.24, 2.45) is 114 Å². The Morgan fingerprint density at radius 3 is 1.28 bits per heavy atom. The van der Waals surface area contributed by atoms with Crippen LogP contribution in [0, 0.1) is 114 Å². The van der Waals surface area contributed by atoms with E-state index >= 15 is 0 Å². The van der Waals surface area contributed by atoms with Gasteiger partial charge in [0.1, 0.15) is 0 Å². The summed E-state index contributed by atoms with van der Waals surface area (Å²) in [5, 5.41) is 0. The fourth-order valence-electron chi connectivity index (χ4n) is 20.3. The van der Waals surface area contributed by atoms with Gasteiger partial charge in [-0.05, 0) is 237 Å². The zero-order valence-electron chi connectivity index (χ0n) is 43.6. The Labute approximate surface area is 377 Å². The standard InChI is InChI=1S/C30H54.C30H52/c2*1-9-10-11-12-21(2)23-14-15-24-22-13-16-26-28(5,6)27(3,4)19-20-30(26,8)25(22)17-18-29(23,24)7/h21-26H,9-20H2,1-8H3;9-10,21-26H,11-20H2,1-8H3/b;10-9-. The number of hydrogen-bond acceptors (Lipinski definition) is 0. The van der Waals surface area contributed by atoms with E-state index in [2.05, 4.69) is 123 Å². The molecule has 0 bridgehead atoms. The molecule has 8 saturated carbocycles. The molecule has 0 nitrogen and oxygen atoms in total.